The van der Waals surface area contributed by atoms with Crippen molar-refractivity contribution in [2.24, 2.45) is 0 Å². The van der Waals surface area contributed by atoms with Crippen molar-refractivity contribution in [2.45, 2.75) is 26.1 Å². The minimum Gasteiger partial charge on any atom is -0.374 e. The third-order valence-corrected chi connectivity index (χ3v) is 2.35. The summed E-state index contributed by atoms with van der Waals surface area (Å²) in [6.07, 6.45) is 1.40. The minimum absolute atomic E-state index is 0.333. The smallest absolute Gasteiger partial charge is 0.0720 e. The average molecular weight is 243 g/mol. The van der Waals surface area contributed by atoms with Gasteiger partial charge in [-0.3, -0.25) is 0 Å². The maximum Gasteiger partial charge on any atom is 0.0720 e. The fourth-order valence-corrected chi connectivity index (χ4v) is 1.69. The van der Waals surface area contributed by atoms with E-state index in [9.17, 15) is 0 Å². The fourth-order valence-electron chi connectivity index (χ4n) is 1.05. The van der Waals surface area contributed by atoms with Crippen molar-refractivity contribution < 1.29 is 4.74 Å². The van der Waals surface area contributed by atoms with Crippen LogP contribution in [0.15, 0.2) is 30.3 Å². The standard InChI is InChI=1S/C11H15BrO/c1-10(7-8-12)13-9-11-5-3-2-4-6-11/h2-6,10H,7-9H2,1H3. The Morgan fingerprint density at radius 2 is 2.00 bits per heavy atom. The summed E-state index contributed by atoms with van der Waals surface area (Å²) >= 11 is 3.40. The summed E-state index contributed by atoms with van der Waals surface area (Å²) < 4.78 is 5.64. The Morgan fingerprint density at radius 1 is 1.31 bits per heavy atom. The Hall–Kier alpha value is -0.340. The Morgan fingerprint density at radius 3 is 2.62 bits per heavy atom. The van der Waals surface area contributed by atoms with Crippen LogP contribution >= 0.6 is 15.9 Å². The molecule has 0 aliphatic heterocycles. The predicted molar refractivity (Wildman–Crippen MR) is 59.1 cm³/mol. The first-order valence-electron chi connectivity index (χ1n) is 4.54. The molecule has 1 rings (SSSR count). The second kappa shape index (κ2) is 6.17. The third-order valence-electron chi connectivity index (χ3n) is 1.89. The lowest BCUT2D eigenvalue weighted by Gasteiger charge is -2.11. The highest BCUT2D eigenvalue weighted by Gasteiger charge is 2.00. The molecule has 0 aliphatic rings. The van der Waals surface area contributed by atoms with Crippen LogP contribution in [0, 0.1) is 0 Å². The minimum atomic E-state index is 0.333. The van der Waals surface area contributed by atoms with E-state index in [2.05, 4.69) is 35.0 Å². The van der Waals surface area contributed by atoms with E-state index in [1.54, 1.807) is 0 Å². The van der Waals surface area contributed by atoms with Crippen LogP contribution in [0.4, 0.5) is 0 Å². The van der Waals surface area contributed by atoms with Gasteiger partial charge in [-0.2, -0.15) is 0 Å². The topological polar surface area (TPSA) is 9.23 Å². The van der Waals surface area contributed by atoms with Crippen LogP contribution in [-0.2, 0) is 11.3 Å². The molecular formula is C11H15BrO. The van der Waals surface area contributed by atoms with E-state index in [4.69, 9.17) is 4.74 Å². The first-order valence-corrected chi connectivity index (χ1v) is 5.66. The van der Waals surface area contributed by atoms with Crippen LogP contribution in [0.5, 0.6) is 0 Å². The maximum absolute atomic E-state index is 5.64. The van der Waals surface area contributed by atoms with Gasteiger partial charge in [0.25, 0.3) is 0 Å². The first kappa shape index (κ1) is 10.7. The van der Waals surface area contributed by atoms with Crippen molar-refractivity contribution in [1.82, 2.24) is 0 Å². The second-order valence-electron chi connectivity index (χ2n) is 3.08. The van der Waals surface area contributed by atoms with Gasteiger partial charge >= 0.3 is 0 Å². The van der Waals surface area contributed by atoms with Crippen molar-refractivity contribution in [3.05, 3.63) is 35.9 Å². The zero-order valence-corrected chi connectivity index (χ0v) is 9.46. The molecule has 0 N–H and O–H groups in total. The van der Waals surface area contributed by atoms with Gasteiger partial charge in [-0.25, -0.2) is 0 Å². The van der Waals surface area contributed by atoms with E-state index < -0.39 is 0 Å². The molecule has 0 aromatic heterocycles. The van der Waals surface area contributed by atoms with Gasteiger partial charge in [-0.05, 0) is 18.9 Å². The van der Waals surface area contributed by atoms with Crippen molar-refractivity contribution in [2.75, 3.05) is 5.33 Å². The quantitative estimate of drug-likeness (QED) is 0.720. The summed E-state index contributed by atoms with van der Waals surface area (Å²) in [7, 11) is 0. The average Bonchev–Trinajstić information content (AvgIpc) is 2.17. The number of rotatable bonds is 5. The zero-order chi connectivity index (χ0) is 9.52. The number of ether oxygens (including phenoxy) is 1. The number of hydrogen-bond donors (Lipinski definition) is 0. The number of halogens is 1. The second-order valence-corrected chi connectivity index (χ2v) is 3.88. The molecule has 0 bridgehead atoms. The summed E-state index contributed by atoms with van der Waals surface area (Å²) in [5, 5.41) is 1.00. The van der Waals surface area contributed by atoms with E-state index in [1.165, 1.54) is 5.56 Å². The molecule has 0 amide bonds. The van der Waals surface area contributed by atoms with Gasteiger partial charge in [0.2, 0.25) is 0 Å². The summed E-state index contributed by atoms with van der Waals surface area (Å²) in [4.78, 5) is 0. The van der Waals surface area contributed by atoms with Crippen molar-refractivity contribution in [3.8, 4) is 0 Å². The van der Waals surface area contributed by atoms with E-state index in [0.29, 0.717) is 6.10 Å². The SMILES string of the molecule is CC(CCBr)OCc1ccccc1. The molecule has 1 aromatic rings. The van der Waals surface area contributed by atoms with Crippen LogP contribution in [0.3, 0.4) is 0 Å². The third kappa shape index (κ3) is 4.44. The number of benzene rings is 1. The van der Waals surface area contributed by atoms with Gasteiger partial charge in [-0.1, -0.05) is 46.3 Å². The van der Waals surface area contributed by atoms with Gasteiger partial charge < -0.3 is 4.74 Å². The Kier molecular flexibility index (Phi) is 5.09. The molecule has 0 fully saturated rings. The molecule has 0 saturated heterocycles. The molecule has 1 aromatic carbocycles. The van der Waals surface area contributed by atoms with E-state index in [-0.39, 0.29) is 0 Å². The first-order chi connectivity index (χ1) is 6.33. The van der Waals surface area contributed by atoms with Gasteiger partial charge in [0.15, 0.2) is 0 Å². The molecule has 0 spiro atoms. The van der Waals surface area contributed by atoms with Crippen LogP contribution in [-0.4, -0.2) is 11.4 Å². The molecule has 1 unspecified atom stereocenters. The van der Waals surface area contributed by atoms with Gasteiger partial charge in [0, 0.05) is 5.33 Å². The molecular weight excluding hydrogens is 228 g/mol. The molecule has 2 heteroatoms. The maximum atomic E-state index is 5.64. The number of hydrogen-bond acceptors (Lipinski definition) is 1. The molecule has 1 atom stereocenters. The highest BCUT2D eigenvalue weighted by molar-refractivity contribution is 9.09. The lowest BCUT2D eigenvalue weighted by Crippen LogP contribution is -2.08. The van der Waals surface area contributed by atoms with Crippen molar-refractivity contribution in [1.29, 1.82) is 0 Å². The molecule has 0 radical (unpaired) electrons. The Labute approximate surface area is 88.2 Å². The van der Waals surface area contributed by atoms with Gasteiger partial charge in [-0.15, -0.1) is 0 Å². The summed E-state index contributed by atoms with van der Waals surface area (Å²) in [6.45, 7) is 2.82. The van der Waals surface area contributed by atoms with Gasteiger partial charge in [0.1, 0.15) is 0 Å². The van der Waals surface area contributed by atoms with Crippen LogP contribution in [0.2, 0.25) is 0 Å². The molecule has 13 heavy (non-hydrogen) atoms. The lowest BCUT2D eigenvalue weighted by molar-refractivity contribution is 0.0518. The van der Waals surface area contributed by atoms with E-state index in [0.717, 1.165) is 18.4 Å². The summed E-state index contributed by atoms with van der Waals surface area (Å²) in [5.74, 6) is 0. The summed E-state index contributed by atoms with van der Waals surface area (Å²) in [6, 6.07) is 10.3. The van der Waals surface area contributed by atoms with Gasteiger partial charge in [0.05, 0.1) is 12.7 Å². The molecule has 72 valence electrons. The van der Waals surface area contributed by atoms with Crippen LogP contribution in [0.25, 0.3) is 0 Å². The van der Waals surface area contributed by atoms with E-state index >= 15 is 0 Å². The molecule has 0 aliphatic carbocycles. The predicted octanol–water partition coefficient (Wildman–Crippen LogP) is 3.38. The highest BCUT2D eigenvalue weighted by atomic mass is 79.9. The lowest BCUT2D eigenvalue weighted by atomic mass is 10.2. The van der Waals surface area contributed by atoms with E-state index in [1.807, 2.05) is 18.2 Å². The largest absolute Gasteiger partial charge is 0.374 e. The van der Waals surface area contributed by atoms with Crippen LogP contribution in [0.1, 0.15) is 18.9 Å². The molecule has 0 saturated carbocycles. The monoisotopic (exact) mass is 242 g/mol. The van der Waals surface area contributed by atoms with Crippen molar-refractivity contribution in [3.63, 3.8) is 0 Å². The summed E-state index contributed by atoms with van der Waals surface area (Å²) in [5.41, 5.74) is 1.24. The van der Waals surface area contributed by atoms with Crippen LogP contribution < -0.4 is 0 Å². The highest BCUT2D eigenvalue weighted by Crippen LogP contribution is 2.06. The Balaban J connectivity index is 2.27. The normalized spacial score (nSPS) is 12.8. The molecule has 1 nitrogen and oxygen atoms in total. The fraction of sp³-hybridized carbons (Fsp3) is 0.455. The van der Waals surface area contributed by atoms with Crippen molar-refractivity contribution >= 4 is 15.9 Å². The zero-order valence-electron chi connectivity index (χ0n) is 7.87. The Bertz CT molecular complexity index is 223. The molecule has 0 heterocycles. The number of alkyl halides is 1.